The smallest absolute Gasteiger partial charge is 0.282 e. The van der Waals surface area contributed by atoms with Gasteiger partial charge in [-0.15, -0.1) is 0 Å². The molecule has 18 heavy (non-hydrogen) atoms. The van der Waals surface area contributed by atoms with E-state index in [-0.39, 0.29) is 6.10 Å². The van der Waals surface area contributed by atoms with E-state index in [0.29, 0.717) is 10.8 Å². The largest absolute Gasteiger partial charge is 0.459 e. The first-order chi connectivity index (χ1) is 8.71. The van der Waals surface area contributed by atoms with Crippen LogP contribution in [0.4, 0.5) is 0 Å². The first kappa shape index (κ1) is 11.4. The Morgan fingerprint density at radius 1 is 1.17 bits per heavy atom. The van der Waals surface area contributed by atoms with E-state index in [1.165, 1.54) is 38.5 Å². The number of aliphatic imine (C=N–C) groups is 1. The Labute approximate surface area is 113 Å². The fourth-order valence-electron chi connectivity index (χ4n) is 5.00. The number of hydrogen-bond donors (Lipinski definition) is 1. The third kappa shape index (κ3) is 1.93. The number of nitrogens with zero attached hydrogens (tertiary/aromatic N) is 1. The first-order valence-corrected chi connectivity index (χ1v) is 8.30. The van der Waals surface area contributed by atoms with Gasteiger partial charge in [0.1, 0.15) is 6.10 Å². The molecule has 100 valence electrons. The molecule has 2 N–H and O–H groups in total. The van der Waals surface area contributed by atoms with Gasteiger partial charge in [0.15, 0.2) is 0 Å². The summed E-state index contributed by atoms with van der Waals surface area (Å²) in [4.78, 5) is 4.14. The lowest BCUT2D eigenvalue weighted by molar-refractivity contribution is 0.0381. The molecule has 4 aliphatic carbocycles. The summed E-state index contributed by atoms with van der Waals surface area (Å²) >= 11 is 2.18. The Kier molecular flexibility index (Phi) is 2.58. The normalized spacial score (nSPS) is 49.2. The topological polar surface area (TPSA) is 47.6 Å². The molecular weight excluding hydrogens is 244 g/mol. The predicted molar refractivity (Wildman–Crippen MR) is 74.7 cm³/mol. The maximum absolute atomic E-state index is 5.58. The van der Waals surface area contributed by atoms with Crippen molar-refractivity contribution in [1.29, 1.82) is 0 Å². The molecule has 0 amide bonds. The zero-order valence-corrected chi connectivity index (χ0v) is 11.6. The molecule has 5 rings (SSSR count). The molecule has 0 aromatic heterocycles. The molecule has 1 unspecified atom stereocenters. The van der Waals surface area contributed by atoms with Crippen molar-refractivity contribution in [3.8, 4) is 0 Å². The maximum Gasteiger partial charge on any atom is 0.282 e. The van der Waals surface area contributed by atoms with Gasteiger partial charge in [-0.1, -0.05) is 0 Å². The molecule has 4 fully saturated rings. The van der Waals surface area contributed by atoms with E-state index >= 15 is 0 Å². The average Bonchev–Trinajstić information content (AvgIpc) is 2.71. The van der Waals surface area contributed by atoms with Gasteiger partial charge in [0.05, 0.1) is 6.54 Å². The van der Waals surface area contributed by atoms with E-state index in [2.05, 4.69) is 16.8 Å². The molecule has 4 bridgehead atoms. The van der Waals surface area contributed by atoms with Crippen LogP contribution in [0.25, 0.3) is 0 Å². The Balaban J connectivity index is 1.39. The first-order valence-electron chi connectivity index (χ1n) is 7.31. The fraction of sp³-hybridized carbons (Fsp3) is 0.929. The Bertz CT molecular complexity index is 347. The molecule has 0 saturated heterocycles. The Hall–Kier alpha value is -0.380. The van der Waals surface area contributed by atoms with E-state index < -0.39 is 0 Å². The highest BCUT2D eigenvalue weighted by molar-refractivity contribution is 8.00. The van der Waals surface area contributed by atoms with Crippen LogP contribution in [-0.4, -0.2) is 29.2 Å². The summed E-state index contributed by atoms with van der Waals surface area (Å²) in [6.07, 6.45) is 9.20. The molecule has 1 heterocycles. The summed E-state index contributed by atoms with van der Waals surface area (Å²) in [5.74, 6) is 4.19. The summed E-state index contributed by atoms with van der Waals surface area (Å²) in [5.41, 5.74) is 5.58. The van der Waals surface area contributed by atoms with Crippen molar-refractivity contribution < 1.29 is 4.74 Å². The number of nitrogens with two attached hydrogens (primary N) is 1. The molecule has 0 aromatic carbocycles. The van der Waals surface area contributed by atoms with Gasteiger partial charge in [-0.05, 0) is 56.3 Å². The number of rotatable bonds is 3. The van der Waals surface area contributed by atoms with E-state index in [0.717, 1.165) is 30.1 Å². The van der Waals surface area contributed by atoms with Crippen molar-refractivity contribution in [3.05, 3.63) is 0 Å². The van der Waals surface area contributed by atoms with Crippen LogP contribution in [0, 0.1) is 17.8 Å². The third-order valence-corrected chi connectivity index (χ3v) is 6.95. The van der Waals surface area contributed by atoms with Crippen molar-refractivity contribution in [2.45, 2.75) is 49.4 Å². The second-order valence-electron chi connectivity index (χ2n) is 6.83. The van der Waals surface area contributed by atoms with E-state index in [1.54, 1.807) is 0 Å². The number of hydrogen-bond acceptors (Lipinski definition) is 4. The lowest BCUT2D eigenvalue weighted by Crippen LogP contribution is -2.49. The van der Waals surface area contributed by atoms with Crippen molar-refractivity contribution in [1.82, 2.24) is 0 Å². The van der Waals surface area contributed by atoms with Crippen LogP contribution in [0.5, 0.6) is 0 Å². The fourth-order valence-corrected chi connectivity index (χ4v) is 6.78. The van der Waals surface area contributed by atoms with Crippen LogP contribution in [0.1, 0.15) is 38.5 Å². The van der Waals surface area contributed by atoms with Gasteiger partial charge < -0.3 is 10.5 Å². The van der Waals surface area contributed by atoms with Crippen LogP contribution in [-0.2, 0) is 4.74 Å². The monoisotopic (exact) mass is 266 g/mol. The minimum Gasteiger partial charge on any atom is -0.459 e. The van der Waals surface area contributed by atoms with Gasteiger partial charge >= 0.3 is 0 Å². The molecule has 0 aromatic rings. The second-order valence-corrected chi connectivity index (χ2v) is 8.32. The molecule has 5 aliphatic rings. The van der Waals surface area contributed by atoms with Crippen LogP contribution in [0.2, 0.25) is 0 Å². The quantitative estimate of drug-likeness (QED) is 0.853. The Morgan fingerprint density at radius 3 is 2.28 bits per heavy atom. The van der Waals surface area contributed by atoms with E-state index in [1.807, 2.05) is 0 Å². The molecular formula is C14H22N2OS. The SMILES string of the molecule is NC1=NCC(CSC23CC4CC(CC(C4)C2)C3)O1. The van der Waals surface area contributed by atoms with Crippen LogP contribution in [0.15, 0.2) is 4.99 Å². The third-order valence-electron chi connectivity index (χ3n) is 5.30. The average molecular weight is 266 g/mol. The zero-order valence-electron chi connectivity index (χ0n) is 10.8. The van der Waals surface area contributed by atoms with Crippen molar-refractivity contribution in [3.63, 3.8) is 0 Å². The standard InChI is InChI=1S/C14H22N2OS/c15-13-16-7-12(17-13)8-18-14-4-9-1-10(5-14)3-11(2-9)6-14/h9-12H,1-8H2,(H2,15,16). The summed E-state index contributed by atoms with van der Waals surface area (Å²) in [5, 5.41) is 0. The van der Waals surface area contributed by atoms with E-state index in [9.17, 15) is 0 Å². The number of amidine groups is 1. The summed E-state index contributed by atoms with van der Waals surface area (Å²) in [7, 11) is 0. The van der Waals surface area contributed by atoms with Gasteiger partial charge in [-0.2, -0.15) is 11.8 Å². The van der Waals surface area contributed by atoms with Gasteiger partial charge in [0.25, 0.3) is 6.02 Å². The van der Waals surface area contributed by atoms with Crippen LogP contribution in [0.3, 0.4) is 0 Å². The lowest BCUT2D eigenvalue weighted by atomic mass is 9.56. The summed E-state index contributed by atoms with van der Waals surface area (Å²) < 4.78 is 6.12. The van der Waals surface area contributed by atoms with Gasteiger partial charge in [0, 0.05) is 10.5 Å². The molecule has 3 nitrogen and oxygen atoms in total. The minimum atomic E-state index is 0.239. The van der Waals surface area contributed by atoms with Crippen LogP contribution < -0.4 is 5.73 Å². The number of thioether (sulfide) groups is 1. The maximum atomic E-state index is 5.58. The molecule has 0 radical (unpaired) electrons. The second kappa shape index (κ2) is 4.06. The Morgan fingerprint density at radius 2 is 1.78 bits per heavy atom. The van der Waals surface area contributed by atoms with Gasteiger partial charge in [-0.3, -0.25) is 0 Å². The molecule has 1 atom stereocenters. The van der Waals surface area contributed by atoms with Crippen molar-refractivity contribution >= 4 is 17.8 Å². The molecule has 4 saturated carbocycles. The summed E-state index contributed by atoms with van der Waals surface area (Å²) in [6.45, 7) is 0.769. The highest BCUT2D eigenvalue weighted by Gasteiger charge is 2.51. The summed E-state index contributed by atoms with van der Waals surface area (Å²) in [6, 6.07) is 0.395. The van der Waals surface area contributed by atoms with Crippen molar-refractivity contribution in [2.75, 3.05) is 12.3 Å². The predicted octanol–water partition coefficient (Wildman–Crippen LogP) is 2.40. The van der Waals surface area contributed by atoms with Crippen LogP contribution >= 0.6 is 11.8 Å². The highest BCUT2D eigenvalue weighted by atomic mass is 32.2. The minimum absolute atomic E-state index is 0.239. The van der Waals surface area contributed by atoms with Gasteiger partial charge in [0.2, 0.25) is 0 Å². The molecule has 4 heteroatoms. The molecule has 0 spiro atoms. The zero-order chi connectivity index (χ0) is 12.2. The van der Waals surface area contributed by atoms with E-state index in [4.69, 9.17) is 10.5 Å². The lowest BCUT2D eigenvalue weighted by Gasteiger charge is -2.56. The number of ether oxygens (including phenoxy) is 1. The highest BCUT2D eigenvalue weighted by Crippen LogP contribution is 2.60. The van der Waals surface area contributed by atoms with Crippen molar-refractivity contribution in [2.24, 2.45) is 28.5 Å². The van der Waals surface area contributed by atoms with Gasteiger partial charge in [-0.25, -0.2) is 4.99 Å². The molecule has 1 aliphatic heterocycles.